The standard InChI is InChI=1S/C4H6O5/c5-3(6)9-4-7-1-2-8-4/h4H,1-2H2,(H,5,6). The van der Waals surface area contributed by atoms with Gasteiger partial charge < -0.3 is 19.3 Å². The Balaban J connectivity index is 2.19. The maximum absolute atomic E-state index is 9.77. The van der Waals surface area contributed by atoms with Crippen molar-refractivity contribution < 1.29 is 24.1 Å². The number of hydrogen-bond acceptors (Lipinski definition) is 4. The van der Waals surface area contributed by atoms with E-state index >= 15 is 0 Å². The SMILES string of the molecule is O=C(O)OC1OCCO1. The van der Waals surface area contributed by atoms with Crippen molar-refractivity contribution in [3.8, 4) is 0 Å². The molecule has 0 atom stereocenters. The van der Waals surface area contributed by atoms with E-state index < -0.39 is 12.6 Å². The first-order valence-corrected chi connectivity index (χ1v) is 2.42. The van der Waals surface area contributed by atoms with E-state index in [2.05, 4.69) is 14.2 Å². The van der Waals surface area contributed by atoms with Gasteiger partial charge in [-0.25, -0.2) is 4.79 Å². The number of hydrogen-bond donors (Lipinski definition) is 1. The van der Waals surface area contributed by atoms with Crippen LogP contribution in [-0.2, 0) is 14.2 Å². The molecule has 9 heavy (non-hydrogen) atoms. The third-order valence-electron chi connectivity index (χ3n) is 0.788. The Morgan fingerprint density at radius 3 is 2.56 bits per heavy atom. The van der Waals surface area contributed by atoms with Crippen molar-refractivity contribution in [1.29, 1.82) is 0 Å². The lowest BCUT2D eigenvalue weighted by molar-refractivity contribution is -0.203. The average Bonchev–Trinajstić information content (AvgIpc) is 2.15. The van der Waals surface area contributed by atoms with Crippen LogP contribution in [0.3, 0.4) is 0 Å². The Kier molecular flexibility index (Phi) is 1.86. The Bertz CT molecular complexity index is 106. The third-order valence-corrected chi connectivity index (χ3v) is 0.788. The summed E-state index contributed by atoms with van der Waals surface area (Å²) >= 11 is 0. The minimum atomic E-state index is -1.39. The molecule has 0 radical (unpaired) electrons. The molecule has 1 rings (SSSR count). The first-order chi connectivity index (χ1) is 4.29. The van der Waals surface area contributed by atoms with E-state index in [4.69, 9.17) is 5.11 Å². The molecule has 0 aromatic carbocycles. The van der Waals surface area contributed by atoms with Crippen molar-refractivity contribution in [2.75, 3.05) is 13.2 Å². The van der Waals surface area contributed by atoms with E-state index in [0.29, 0.717) is 13.2 Å². The van der Waals surface area contributed by atoms with Gasteiger partial charge in [-0.05, 0) is 0 Å². The minimum Gasteiger partial charge on any atom is -0.450 e. The molecule has 52 valence electrons. The molecule has 1 saturated heterocycles. The second-order valence-electron chi connectivity index (χ2n) is 1.41. The molecule has 0 spiro atoms. The van der Waals surface area contributed by atoms with E-state index in [1.165, 1.54) is 0 Å². The monoisotopic (exact) mass is 134 g/mol. The Hall–Kier alpha value is -0.810. The molecule has 0 aromatic heterocycles. The lowest BCUT2D eigenvalue weighted by Crippen LogP contribution is -2.16. The Labute approximate surface area is 51.1 Å². The van der Waals surface area contributed by atoms with Gasteiger partial charge in [0.2, 0.25) is 0 Å². The van der Waals surface area contributed by atoms with Crippen molar-refractivity contribution in [1.82, 2.24) is 0 Å². The normalized spacial score (nSPS) is 20.0. The highest BCUT2D eigenvalue weighted by atomic mass is 16.9. The van der Waals surface area contributed by atoms with Crippen LogP contribution in [0.2, 0.25) is 0 Å². The van der Waals surface area contributed by atoms with Gasteiger partial charge in [-0.15, -0.1) is 0 Å². The summed E-state index contributed by atoms with van der Waals surface area (Å²) in [4.78, 5) is 9.77. The summed E-state index contributed by atoms with van der Waals surface area (Å²) in [6.45, 7) is -0.238. The second-order valence-corrected chi connectivity index (χ2v) is 1.41. The fourth-order valence-corrected chi connectivity index (χ4v) is 0.487. The van der Waals surface area contributed by atoms with Crippen LogP contribution in [0, 0.1) is 0 Å². The molecule has 0 unspecified atom stereocenters. The van der Waals surface area contributed by atoms with Crippen LogP contribution in [0.1, 0.15) is 0 Å². The molecule has 1 heterocycles. The van der Waals surface area contributed by atoms with Gasteiger partial charge in [-0.1, -0.05) is 0 Å². The minimum absolute atomic E-state index is 0.387. The van der Waals surface area contributed by atoms with Crippen molar-refractivity contribution in [3.63, 3.8) is 0 Å². The van der Waals surface area contributed by atoms with Crippen LogP contribution in [0.15, 0.2) is 0 Å². The number of carboxylic acid groups (broad SMARTS) is 1. The maximum atomic E-state index is 9.77. The summed E-state index contributed by atoms with van der Waals surface area (Å²) in [5.41, 5.74) is 0. The van der Waals surface area contributed by atoms with Crippen LogP contribution < -0.4 is 0 Å². The van der Waals surface area contributed by atoms with Crippen molar-refractivity contribution >= 4 is 6.16 Å². The predicted molar refractivity (Wildman–Crippen MR) is 24.8 cm³/mol. The molecule has 0 bridgehead atoms. The van der Waals surface area contributed by atoms with Crippen molar-refractivity contribution in [2.45, 2.75) is 6.48 Å². The van der Waals surface area contributed by atoms with Gasteiger partial charge in [0.25, 0.3) is 0 Å². The Morgan fingerprint density at radius 1 is 1.56 bits per heavy atom. The smallest absolute Gasteiger partial charge is 0.450 e. The fraction of sp³-hybridized carbons (Fsp3) is 0.750. The largest absolute Gasteiger partial charge is 0.509 e. The van der Waals surface area contributed by atoms with Gasteiger partial charge in [0.1, 0.15) is 0 Å². The number of rotatable bonds is 1. The quantitative estimate of drug-likeness (QED) is 0.512. The summed E-state index contributed by atoms with van der Waals surface area (Å²) in [6, 6.07) is 0. The van der Waals surface area contributed by atoms with Gasteiger partial charge in [0.05, 0.1) is 13.2 Å². The van der Waals surface area contributed by atoms with Gasteiger partial charge in [0.15, 0.2) is 0 Å². The van der Waals surface area contributed by atoms with E-state index in [1.807, 2.05) is 0 Å². The van der Waals surface area contributed by atoms with Crippen LogP contribution in [0.5, 0.6) is 0 Å². The zero-order chi connectivity index (χ0) is 6.69. The molecular weight excluding hydrogens is 128 g/mol. The Morgan fingerprint density at radius 2 is 2.11 bits per heavy atom. The van der Waals surface area contributed by atoms with Crippen LogP contribution in [0.4, 0.5) is 4.79 Å². The topological polar surface area (TPSA) is 65.0 Å². The molecular formula is C4H6O5. The van der Waals surface area contributed by atoms with Crippen LogP contribution in [0.25, 0.3) is 0 Å². The van der Waals surface area contributed by atoms with Crippen LogP contribution >= 0.6 is 0 Å². The lowest BCUT2D eigenvalue weighted by Gasteiger charge is -2.04. The van der Waals surface area contributed by atoms with Crippen molar-refractivity contribution in [3.05, 3.63) is 0 Å². The lowest BCUT2D eigenvalue weighted by atomic mass is 10.8. The summed E-state index contributed by atoms with van der Waals surface area (Å²) in [5, 5.41) is 7.99. The first-order valence-electron chi connectivity index (χ1n) is 2.42. The summed E-state index contributed by atoms with van der Waals surface area (Å²) in [5.74, 6) is 0. The van der Waals surface area contributed by atoms with Gasteiger partial charge >= 0.3 is 12.6 Å². The van der Waals surface area contributed by atoms with Crippen LogP contribution in [-0.4, -0.2) is 31.0 Å². The second kappa shape index (κ2) is 2.65. The van der Waals surface area contributed by atoms with Gasteiger partial charge in [-0.2, -0.15) is 0 Å². The van der Waals surface area contributed by atoms with E-state index in [-0.39, 0.29) is 0 Å². The maximum Gasteiger partial charge on any atom is 0.509 e. The van der Waals surface area contributed by atoms with E-state index in [9.17, 15) is 4.79 Å². The highest BCUT2D eigenvalue weighted by Crippen LogP contribution is 2.04. The third kappa shape index (κ3) is 1.87. The van der Waals surface area contributed by atoms with E-state index in [0.717, 1.165) is 0 Å². The fourth-order valence-electron chi connectivity index (χ4n) is 0.487. The number of carbonyl (C=O) groups is 1. The highest BCUT2D eigenvalue weighted by Gasteiger charge is 2.19. The first kappa shape index (κ1) is 6.31. The molecule has 1 N–H and O–H groups in total. The zero-order valence-corrected chi connectivity index (χ0v) is 4.57. The average molecular weight is 134 g/mol. The molecule has 0 aromatic rings. The molecule has 0 amide bonds. The summed E-state index contributed by atoms with van der Waals surface area (Å²) < 4.78 is 13.4. The van der Waals surface area contributed by atoms with Gasteiger partial charge in [-0.3, -0.25) is 0 Å². The molecule has 0 aliphatic carbocycles. The van der Waals surface area contributed by atoms with Crippen molar-refractivity contribution in [2.24, 2.45) is 0 Å². The summed E-state index contributed by atoms with van der Waals surface area (Å²) in [6.07, 6.45) is -1.39. The molecule has 5 nitrogen and oxygen atoms in total. The van der Waals surface area contributed by atoms with E-state index in [1.54, 1.807) is 0 Å². The molecule has 0 saturated carbocycles. The molecule has 1 aliphatic heterocycles. The highest BCUT2D eigenvalue weighted by molar-refractivity contribution is 5.56. The summed E-state index contributed by atoms with van der Waals surface area (Å²) in [7, 11) is 0. The molecule has 1 fully saturated rings. The molecule has 5 heteroatoms. The zero-order valence-electron chi connectivity index (χ0n) is 4.57. The number of ether oxygens (including phenoxy) is 3. The predicted octanol–water partition coefficient (Wildman–Crippen LogP) is 0.0114. The molecule has 1 aliphatic rings. The van der Waals surface area contributed by atoms with Gasteiger partial charge in [0, 0.05) is 0 Å².